The molecule has 1 rings (SSSR count). The Morgan fingerprint density at radius 1 is 1.20 bits per heavy atom. The van der Waals surface area contributed by atoms with Crippen LogP contribution in [0.4, 0.5) is 5.69 Å². The van der Waals surface area contributed by atoms with Crippen molar-refractivity contribution >= 4 is 5.69 Å². The Bertz CT molecular complexity index is 276. The number of anilines is 1. The monoisotopic (exact) mass is 209 g/mol. The molecule has 0 heterocycles. The van der Waals surface area contributed by atoms with Crippen LogP contribution in [0.25, 0.3) is 0 Å². The van der Waals surface area contributed by atoms with Gasteiger partial charge in [0.1, 0.15) is 5.75 Å². The summed E-state index contributed by atoms with van der Waals surface area (Å²) in [6.07, 6.45) is 1.98. The standard InChI is InChI=1S/C12H19NO2/c1-2-7-14-8-4-9-15-12-6-3-5-11(13)10-12/h3,5-6,10H,2,4,7-9,13H2,1H3. The quantitative estimate of drug-likeness (QED) is 0.554. The Balaban J connectivity index is 2.10. The summed E-state index contributed by atoms with van der Waals surface area (Å²) in [5.74, 6) is 0.825. The van der Waals surface area contributed by atoms with Crippen LogP contribution in [0.2, 0.25) is 0 Å². The summed E-state index contributed by atoms with van der Waals surface area (Å²) in [5.41, 5.74) is 6.36. The van der Waals surface area contributed by atoms with E-state index in [9.17, 15) is 0 Å². The third-order valence-electron chi connectivity index (χ3n) is 1.91. The lowest BCUT2D eigenvalue weighted by Gasteiger charge is -2.06. The molecule has 3 nitrogen and oxygen atoms in total. The lowest BCUT2D eigenvalue weighted by Crippen LogP contribution is -2.03. The molecule has 0 aliphatic carbocycles. The van der Waals surface area contributed by atoms with Crippen LogP contribution in [0.15, 0.2) is 24.3 Å². The minimum absolute atomic E-state index is 0.674. The van der Waals surface area contributed by atoms with Crippen LogP contribution >= 0.6 is 0 Å². The SMILES string of the molecule is CCCOCCCOc1cccc(N)c1. The molecular formula is C12H19NO2. The molecule has 0 bridgehead atoms. The van der Waals surface area contributed by atoms with Crippen molar-refractivity contribution in [2.24, 2.45) is 0 Å². The average Bonchev–Trinajstić information content (AvgIpc) is 2.23. The summed E-state index contributed by atoms with van der Waals surface area (Å²) in [6, 6.07) is 7.46. The second-order valence-corrected chi connectivity index (χ2v) is 3.39. The first-order chi connectivity index (χ1) is 7.33. The molecule has 0 spiro atoms. The summed E-state index contributed by atoms with van der Waals surface area (Å²) in [4.78, 5) is 0. The fourth-order valence-corrected chi connectivity index (χ4v) is 1.20. The largest absolute Gasteiger partial charge is 0.493 e. The molecule has 0 atom stereocenters. The zero-order valence-electron chi connectivity index (χ0n) is 9.24. The number of nitrogens with two attached hydrogens (primary N) is 1. The number of hydrogen-bond donors (Lipinski definition) is 1. The van der Waals surface area contributed by atoms with E-state index in [-0.39, 0.29) is 0 Å². The van der Waals surface area contributed by atoms with Gasteiger partial charge in [0.15, 0.2) is 0 Å². The van der Waals surface area contributed by atoms with Crippen molar-refractivity contribution < 1.29 is 9.47 Å². The molecule has 2 N–H and O–H groups in total. The highest BCUT2D eigenvalue weighted by Crippen LogP contribution is 2.14. The van der Waals surface area contributed by atoms with Gasteiger partial charge in [0.05, 0.1) is 6.61 Å². The van der Waals surface area contributed by atoms with E-state index >= 15 is 0 Å². The van der Waals surface area contributed by atoms with E-state index < -0.39 is 0 Å². The third kappa shape index (κ3) is 5.27. The molecule has 1 aromatic carbocycles. The van der Waals surface area contributed by atoms with Crippen LogP contribution in [0, 0.1) is 0 Å². The van der Waals surface area contributed by atoms with Gasteiger partial charge in [0.2, 0.25) is 0 Å². The maximum absolute atomic E-state index is 5.62. The van der Waals surface area contributed by atoms with Gasteiger partial charge >= 0.3 is 0 Å². The van der Waals surface area contributed by atoms with Crippen molar-refractivity contribution in [3.63, 3.8) is 0 Å². The molecule has 0 aromatic heterocycles. The molecule has 84 valence electrons. The van der Waals surface area contributed by atoms with Gasteiger partial charge in [0, 0.05) is 31.4 Å². The van der Waals surface area contributed by atoms with Crippen molar-refractivity contribution in [3.8, 4) is 5.75 Å². The maximum Gasteiger partial charge on any atom is 0.121 e. The fraction of sp³-hybridized carbons (Fsp3) is 0.500. The normalized spacial score (nSPS) is 10.2. The van der Waals surface area contributed by atoms with Crippen LogP contribution in [-0.4, -0.2) is 19.8 Å². The fourth-order valence-electron chi connectivity index (χ4n) is 1.20. The van der Waals surface area contributed by atoms with Gasteiger partial charge in [-0.05, 0) is 18.6 Å². The Hall–Kier alpha value is -1.22. The number of benzene rings is 1. The number of nitrogen functional groups attached to an aromatic ring is 1. The van der Waals surface area contributed by atoms with E-state index in [1.165, 1.54) is 0 Å². The Morgan fingerprint density at radius 3 is 2.80 bits per heavy atom. The van der Waals surface area contributed by atoms with Crippen LogP contribution in [0.5, 0.6) is 5.75 Å². The summed E-state index contributed by atoms with van der Waals surface area (Å²) >= 11 is 0. The van der Waals surface area contributed by atoms with E-state index in [1.54, 1.807) is 0 Å². The first-order valence-electron chi connectivity index (χ1n) is 5.39. The van der Waals surface area contributed by atoms with Crippen LogP contribution in [0.3, 0.4) is 0 Å². The van der Waals surface area contributed by atoms with Gasteiger partial charge in [-0.1, -0.05) is 13.0 Å². The first-order valence-corrected chi connectivity index (χ1v) is 5.39. The molecule has 0 saturated carbocycles. The van der Waals surface area contributed by atoms with Crippen molar-refractivity contribution in [2.75, 3.05) is 25.6 Å². The van der Waals surface area contributed by atoms with E-state index in [4.69, 9.17) is 15.2 Å². The predicted octanol–water partition coefficient (Wildman–Crippen LogP) is 2.46. The topological polar surface area (TPSA) is 44.5 Å². The van der Waals surface area contributed by atoms with Crippen molar-refractivity contribution in [1.29, 1.82) is 0 Å². The molecule has 0 radical (unpaired) electrons. The minimum atomic E-state index is 0.674. The number of hydrogen-bond acceptors (Lipinski definition) is 3. The van der Waals surface area contributed by atoms with Crippen molar-refractivity contribution in [2.45, 2.75) is 19.8 Å². The maximum atomic E-state index is 5.62. The minimum Gasteiger partial charge on any atom is -0.493 e. The van der Waals surface area contributed by atoms with Crippen LogP contribution in [-0.2, 0) is 4.74 Å². The molecular weight excluding hydrogens is 190 g/mol. The highest BCUT2D eigenvalue weighted by Gasteiger charge is 1.94. The smallest absolute Gasteiger partial charge is 0.121 e. The molecule has 0 amide bonds. The molecule has 0 aliphatic rings. The third-order valence-corrected chi connectivity index (χ3v) is 1.91. The Morgan fingerprint density at radius 2 is 2.07 bits per heavy atom. The van der Waals surface area contributed by atoms with Gasteiger partial charge in [-0.25, -0.2) is 0 Å². The Labute approximate surface area is 91.2 Å². The second kappa shape index (κ2) is 7.12. The van der Waals surface area contributed by atoms with E-state index in [0.717, 1.165) is 37.5 Å². The summed E-state index contributed by atoms with van der Waals surface area (Å²) in [6.45, 7) is 4.37. The number of rotatable bonds is 7. The first kappa shape index (κ1) is 11.9. The van der Waals surface area contributed by atoms with Gasteiger partial charge in [-0.3, -0.25) is 0 Å². The van der Waals surface area contributed by atoms with E-state index in [1.807, 2.05) is 24.3 Å². The van der Waals surface area contributed by atoms with Crippen LogP contribution in [0.1, 0.15) is 19.8 Å². The summed E-state index contributed by atoms with van der Waals surface area (Å²) in [7, 11) is 0. The lowest BCUT2D eigenvalue weighted by molar-refractivity contribution is 0.120. The molecule has 0 fully saturated rings. The van der Waals surface area contributed by atoms with Crippen molar-refractivity contribution in [1.82, 2.24) is 0 Å². The van der Waals surface area contributed by atoms with E-state index in [0.29, 0.717) is 6.61 Å². The molecule has 1 aromatic rings. The second-order valence-electron chi connectivity index (χ2n) is 3.39. The molecule has 0 unspecified atom stereocenters. The average molecular weight is 209 g/mol. The zero-order chi connectivity index (χ0) is 10.9. The summed E-state index contributed by atoms with van der Waals surface area (Å²) in [5, 5.41) is 0. The predicted molar refractivity (Wildman–Crippen MR) is 62.1 cm³/mol. The Kier molecular flexibility index (Phi) is 5.63. The van der Waals surface area contributed by atoms with E-state index in [2.05, 4.69) is 6.92 Å². The number of ether oxygens (including phenoxy) is 2. The molecule has 0 saturated heterocycles. The van der Waals surface area contributed by atoms with Crippen LogP contribution < -0.4 is 10.5 Å². The highest BCUT2D eigenvalue weighted by atomic mass is 16.5. The summed E-state index contributed by atoms with van der Waals surface area (Å²) < 4.78 is 10.8. The van der Waals surface area contributed by atoms with Gasteiger partial charge in [-0.2, -0.15) is 0 Å². The molecule has 15 heavy (non-hydrogen) atoms. The van der Waals surface area contributed by atoms with Gasteiger partial charge in [-0.15, -0.1) is 0 Å². The molecule has 0 aliphatic heterocycles. The zero-order valence-corrected chi connectivity index (χ0v) is 9.24. The molecule has 3 heteroatoms. The highest BCUT2D eigenvalue weighted by molar-refractivity contribution is 5.43. The lowest BCUT2D eigenvalue weighted by atomic mass is 10.3. The van der Waals surface area contributed by atoms with Gasteiger partial charge in [0.25, 0.3) is 0 Å². The van der Waals surface area contributed by atoms with Gasteiger partial charge < -0.3 is 15.2 Å². The van der Waals surface area contributed by atoms with Crippen molar-refractivity contribution in [3.05, 3.63) is 24.3 Å².